The highest BCUT2D eigenvalue weighted by Gasteiger charge is 2.22. The van der Waals surface area contributed by atoms with Gasteiger partial charge in [-0.25, -0.2) is 19.8 Å². The SMILES string of the molecule is [C-]#[N+]c1cc(C#N)ccc1-c1ccc2c(c1)c1ccccc1n2-c1ccc(-c2cccc3sc4ccccc4c23)cc1-c1nc(-c2ccccc2)nc(-c2ccccc2)n1. The molecule has 3 aromatic heterocycles. The molecule has 0 radical (unpaired) electrons. The van der Waals surface area contributed by atoms with Crippen LogP contribution in [-0.2, 0) is 0 Å². The highest BCUT2D eigenvalue weighted by molar-refractivity contribution is 7.25. The Labute approximate surface area is 349 Å². The molecule has 0 aliphatic carbocycles. The van der Waals surface area contributed by atoms with Crippen LogP contribution in [-0.4, -0.2) is 19.5 Å². The van der Waals surface area contributed by atoms with Crippen molar-refractivity contribution in [3.05, 3.63) is 199 Å². The number of fused-ring (bicyclic) bond motifs is 6. The van der Waals surface area contributed by atoms with E-state index in [-0.39, 0.29) is 0 Å². The van der Waals surface area contributed by atoms with Crippen molar-refractivity contribution in [1.82, 2.24) is 19.5 Å². The first-order valence-electron chi connectivity index (χ1n) is 19.5. The predicted octanol–water partition coefficient (Wildman–Crippen LogP) is 14.1. The first kappa shape index (κ1) is 35.0. The molecule has 60 heavy (non-hydrogen) atoms. The average molecular weight is 783 g/mol. The summed E-state index contributed by atoms with van der Waals surface area (Å²) in [5.74, 6) is 1.74. The van der Waals surface area contributed by atoms with Crippen LogP contribution in [0.3, 0.4) is 0 Å². The van der Waals surface area contributed by atoms with Gasteiger partial charge < -0.3 is 4.57 Å². The number of hydrogen-bond acceptors (Lipinski definition) is 5. The summed E-state index contributed by atoms with van der Waals surface area (Å²) in [6.45, 7) is 7.91. The van der Waals surface area contributed by atoms with Crippen LogP contribution in [0.4, 0.5) is 5.69 Å². The first-order chi connectivity index (χ1) is 29.6. The molecule has 0 unspecified atom stereocenters. The molecule has 278 valence electrons. The van der Waals surface area contributed by atoms with Crippen LogP contribution in [0, 0.1) is 17.9 Å². The molecule has 11 aromatic rings. The van der Waals surface area contributed by atoms with E-state index in [9.17, 15) is 5.26 Å². The molecule has 8 aromatic carbocycles. The first-order valence-corrected chi connectivity index (χ1v) is 20.3. The molecule has 0 amide bonds. The van der Waals surface area contributed by atoms with Crippen molar-refractivity contribution >= 4 is 59.0 Å². The maximum atomic E-state index is 9.53. The largest absolute Gasteiger partial charge is 0.309 e. The summed E-state index contributed by atoms with van der Waals surface area (Å²) >= 11 is 1.81. The van der Waals surface area contributed by atoms with E-state index in [2.05, 4.69) is 119 Å². The summed E-state index contributed by atoms with van der Waals surface area (Å²) < 4.78 is 4.79. The minimum atomic E-state index is 0.446. The number of nitrogens with zero attached hydrogens (tertiary/aromatic N) is 6. The third-order valence-corrected chi connectivity index (χ3v) is 12.3. The van der Waals surface area contributed by atoms with E-state index in [1.165, 1.54) is 20.2 Å². The van der Waals surface area contributed by atoms with Crippen LogP contribution in [0.2, 0.25) is 0 Å². The minimum Gasteiger partial charge on any atom is -0.309 e. The zero-order valence-corrected chi connectivity index (χ0v) is 32.7. The van der Waals surface area contributed by atoms with Gasteiger partial charge in [-0.2, -0.15) is 5.26 Å². The fraction of sp³-hybridized carbons (Fsp3) is 0. The van der Waals surface area contributed by atoms with Gasteiger partial charge in [0.15, 0.2) is 23.2 Å². The molecule has 0 aliphatic rings. The van der Waals surface area contributed by atoms with E-state index in [0.29, 0.717) is 28.7 Å². The molecule has 3 heterocycles. The third-order valence-electron chi connectivity index (χ3n) is 11.1. The molecule has 0 spiro atoms. The van der Waals surface area contributed by atoms with Gasteiger partial charge in [-0.3, -0.25) is 0 Å². The van der Waals surface area contributed by atoms with Crippen LogP contribution >= 0.6 is 11.3 Å². The van der Waals surface area contributed by atoms with E-state index in [1.54, 1.807) is 12.1 Å². The molecule has 11 rings (SSSR count). The van der Waals surface area contributed by atoms with E-state index in [0.717, 1.165) is 66.4 Å². The Hall–Kier alpha value is -8.23. The molecule has 6 nitrogen and oxygen atoms in total. The van der Waals surface area contributed by atoms with Crippen LogP contribution < -0.4 is 0 Å². The molecular weight excluding hydrogens is 753 g/mol. The summed E-state index contributed by atoms with van der Waals surface area (Å²) in [5.41, 5.74) is 10.4. The van der Waals surface area contributed by atoms with Crippen molar-refractivity contribution in [2.75, 3.05) is 0 Å². The standard InChI is InChI=1S/C53H30N6S/c1-55-44-29-33(32-54)23-26-38(44)36-24-27-46-42(30-36)40-17-8-10-20-45(40)59(46)47-28-25-37(39-19-12-22-49-50(39)41-18-9-11-21-48(41)60-49)31-43(47)53-57-51(34-13-4-2-5-14-34)56-52(58-53)35-15-6-3-7-16-35/h2-31H. The van der Waals surface area contributed by atoms with Crippen molar-refractivity contribution in [1.29, 1.82) is 5.26 Å². The maximum Gasteiger partial charge on any atom is 0.196 e. The van der Waals surface area contributed by atoms with E-state index in [4.69, 9.17) is 21.5 Å². The number of thiophene rings is 1. The second-order valence-electron chi connectivity index (χ2n) is 14.6. The van der Waals surface area contributed by atoms with Crippen molar-refractivity contribution < 1.29 is 0 Å². The number of nitriles is 1. The number of rotatable bonds is 6. The van der Waals surface area contributed by atoms with Crippen LogP contribution in [0.25, 0.3) is 109 Å². The molecule has 7 heteroatoms. The lowest BCUT2D eigenvalue weighted by atomic mass is 9.96. The van der Waals surface area contributed by atoms with Gasteiger partial charge in [0, 0.05) is 53.2 Å². The number of aromatic nitrogens is 4. The zero-order chi connectivity index (χ0) is 40.2. The summed E-state index contributed by atoms with van der Waals surface area (Å²) in [7, 11) is 0. The van der Waals surface area contributed by atoms with Gasteiger partial charge in [0.25, 0.3) is 0 Å². The van der Waals surface area contributed by atoms with Gasteiger partial charge >= 0.3 is 0 Å². The Morgan fingerprint density at radius 2 is 1.12 bits per heavy atom. The summed E-state index contributed by atoms with van der Waals surface area (Å²) in [6.07, 6.45) is 0. The Balaban J connectivity index is 1.21. The number of benzene rings is 8. The minimum absolute atomic E-state index is 0.446. The molecule has 0 atom stereocenters. The predicted molar refractivity (Wildman–Crippen MR) is 245 cm³/mol. The van der Waals surface area contributed by atoms with Crippen LogP contribution in [0.15, 0.2) is 182 Å². The lowest BCUT2D eigenvalue weighted by Crippen LogP contribution is -2.04. The molecule has 0 fully saturated rings. The highest BCUT2D eigenvalue weighted by Crippen LogP contribution is 2.44. The van der Waals surface area contributed by atoms with E-state index >= 15 is 0 Å². The Kier molecular flexibility index (Phi) is 8.34. The monoisotopic (exact) mass is 782 g/mol. The van der Waals surface area contributed by atoms with Gasteiger partial charge in [0.2, 0.25) is 0 Å². The van der Waals surface area contributed by atoms with Gasteiger partial charge in [-0.05, 0) is 76.9 Å². The van der Waals surface area contributed by atoms with Crippen molar-refractivity contribution in [3.8, 4) is 68.2 Å². The highest BCUT2D eigenvalue weighted by atomic mass is 32.1. The molecular formula is C53H30N6S. The van der Waals surface area contributed by atoms with Gasteiger partial charge in [-0.1, -0.05) is 127 Å². The number of hydrogen-bond donors (Lipinski definition) is 0. The van der Waals surface area contributed by atoms with Crippen molar-refractivity contribution in [3.63, 3.8) is 0 Å². The molecule has 0 aliphatic heterocycles. The lowest BCUT2D eigenvalue weighted by molar-refractivity contribution is 1.06. The second-order valence-corrected chi connectivity index (χ2v) is 15.7. The Morgan fingerprint density at radius 3 is 1.87 bits per heavy atom. The quantitative estimate of drug-likeness (QED) is 0.158. The Bertz CT molecular complexity index is 3520. The average Bonchev–Trinajstić information content (AvgIpc) is 3.87. The van der Waals surface area contributed by atoms with Gasteiger partial charge in [0.1, 0.15) is 0 Å². The summed E-state index contributed by atoms with van der Waals surface area (Å²) in [5, 5.41) is 14.1. The van der Waals surface area contributed by atoms with Gasteiger partial charge in [0.05, 0.1) is 29.4 Å². The van der Waals surface area contributed by atoms with E-state index in [1.807, 2.05) is 78.1 Å². The summed E-state index contributed by atoms with van der Waals surface area (Å²) in [6, 6.07) is 64.2. The van der Waals surface area contributed by atoms with Gasteiger partial charge in [-0.15, -0.1) is 11.3 Å². The zero-order valence-electron chi connectivity index (χ0n) is 31.9. The summed E-state index contributed by atoms with van der Waals surface area (Å²) in [4.78, 5) is 19.4. The number of para-hydroxylation sites is 1. The molecule has 0 saturated heterocycles. The second kappa shape index (κ2) is 14.3. The van der Waals surface area contributed by atoms with Crippen LogP contribution in [0.5, 0.6) is 0 Å². The molecule has 0 N–H and O–H groups in total. The topological polar surface area (TPSA) is 71.8 Å². The third kappa shape index (κ3) is 5.81. The fourth-order valence-corrected chi connectivity index (χ4v) is 9.49. The molecule has 0 saturated carbocycles. The van der Waals surface area contributed by atoms with Crippen molar-refractivity contribution in [2.24, 2.45) is 0 Å². The fourth-order valence-electron chi connectivity index (χ4n) is 8.36. The lowest BCUT2D eigenvalue weighted by Gasteiger charge is -2.17. The van der Waals surface area contributed by atoms with Crippen LogP contribution in [0.1, 0.15) is 5.56 Å². The smallest absolute Gasteiger partial charge is 0.196 e. The van der Waals surface area contributed by atoms with E-state index < -0.39 is 0 Å². The van der Waals surface area contributed by atoms with Crippen molar-refractivity contribution in [2.45, 2.75) is 0 Å². The Morgan fingerprint density at radius 1 is 0.483 bits per heavy atom. The maximum absolute atomic E-state index is 9.53. The molecule has 0 bridgehead atoms. The normalized spacial score (nSPS) is 11.3.